The first-order chi connectivity index (χ1) is 8.36. The van der Waals surface area contributed by atoms with Crippen molar-refractivity contribution in [3.8, 4) is 0 Å². The molecule has 0 aromatic heterocycles. The Morgan fingerprint density at radius 3 is 1.94 bits per heavy atom. The summed E-state index contributed by atoms with van der Waals surface area (Å²) in [6, 6.07) is 0. The molecule has 0 amide bonds. The molecule has 1 rings (SSSR count). The van der Waals surface area contributed by atoms with Crippen LogP contribution in [0.4, 0.5) is 0 Å². The lowest BCUT2D eigenvalue weighted by Crippen LogP contribution is -2.09. The normalized spacial score (nSPS) is 17.8. The van der Waals surface area contributed by atoms with E-state index in [-0.39, 0.29) is 0 Å². The van der Waals surface area contributed by atoms with E-state index in [0.29, 0.717) is 0 Å². The molecule has 0 radical (unpaired) electrons. The molecule has 0 heterocycles. The Labute approximate surface area is 110 Å². The molecule has 0 atom stereocenters. The molecule has 0 saturated heterocycles. The lowest BCUT2D eigenvalue weighted by atomic mass is 9.82. The molecule has 102 valence electrons. The van der Waals surface area contributed by atoms with Gasteiger partial charge in [-0.05, 0) is 11.8 Å². The third-order valence-corrected chi connectivity index (χ3v) is 4.64. The van der Waals surface area contributed by atoms with Gasteiger partial charge in [0.05, 0.1) is 0 Å². The van der Waals surface area contributed by atoms with Gasteiger partial charge in [-0.2, -0.15) is 0 Å². The predicted molar refractivity (Wildman–Crippen MR) is 78.3 cm³/mol. The van der Waals surface area contributed by atoms with E-state index >= 15 is 0 Å². The van der Waals surface area contributed by atoms with Crippen LogP contribution in [-0.2, 0) is 0 Å². The Hall–Kier alpha value is 0. The Kier molecular flexibility index (Phi) is 8.83. The first-order valence-electron chi connectivity index (χ1n) is 8.36. The van der Waals surface area contributed by atoms with Crippen LogP contribution in [0, 0.1) is 11.8 Å². The van der Waals surface area contributed by atoms with Crippen LogP contribution in [0.25, 0.3) is 0 Å². The zero-order valence-corrected chi connectivity index (χ0v) is 12.3. The van der Waals surface area contributed by atoms with Gasteiger partial charge in [-0.1, -0.05) is 97.3 Å². The molecular formula is C17H34. The van der Waals surface area contributed by atoms with Gasteiger partial charge in [-0.3, -0.25) is 0 Å². The van der Waals surface area contributed by atoms with Gasteiger partial charge in [0.1, 0.15) is 0 Å². The van der Waals surface area contributed by atoms with Crippen molar-refractivity contribution < 1.29 is 0 Å². The minimum Gasteiger partial charge on any atom is -0.0654 e. The first kappa shape index (κ1) is 15.1. The van der Waals surface area contributed by atoms with Crippen molar-refractivity contribution in [1.29, 1.82) is 0 Å². The Bertz CT molecular complexity index is 147. The van der Waals surface area contributed by atoms with Gasteiger partial charge in [0.15, 0.2) is 0 Å². The van der Waals surface area contributed by atoms with Gasteiger partial charge in [0.25, 0.3) is 0 Å². The average Bonchev–Trinajstić information content (AvgIpc) is 2.39. The molecule has 0 aliphatic heterocycles. The molecule has 17 heavy (non-hydrogen) atoms. The van der Waals surface area contributed by atoms with E-state index in [1.807, 2.05) is 0 Å². The summed E-state index contributed by atoms with van der Waals surface area (Å²) in [4.78, 5) is 0. The van der Waals surface area contributed by atoms with E-state index in [2.05, 4.69) is 13.8 Å². The fraction of sp³-hybridized carbons (Fsp3) is 1.00. The molecule has 0 spiro atoms. The van der Waals surface area contributed by atoms with Crippen molar-refractivity contribution in [2.75, 3.05) is 0 Å². The maximum atomic E-state index is 2.33. The van der Waals surface area contributed by atoms with Crippen LogP contribution in [-0.4, -0.2) is 0 Å². The summed E-state index contributed by atoms with van der Waals surface area (Å²) in [7, 11) is 0. The topological polar surface area (TPSA) is 0 Å². The second-order valence-corrected chi connectivity index (χ2v) is 6.23. The number of rotatable bonds is 9. The molecule has 0 heteroatoms. The van der Waals surface area contributed by atoms with Crippen molar-refractivity contribution in [2.45, 2.75) is 97.3 Å². The molecule has 1 saturated carbocycles. The van der Waals surface area contributed by atoms with Crippen LogP contribution in [0.5, 0.6) is 0 Å². The van der Waals surface area contributed by atoms with Crippen LogP contribution in [0.15, 0.2) is 0 Å². The Morgan fingerprint density at radius 1 is 0.824 bits per heavy atom. The summed E-state index contributed by atoms with van der Waals surface area (Å²) in [5.74, 6) is 2.14. The lowest BCUT2D eigenvalue weighted by Gasteiger charge is -2.24. The van der Waals surface area contributed by atoms with Gasteiger partial charge in [0, 0.05) is 0 Å². The van der Waals surface area contributed by atoms with Gasteiger partial charge < -0.3 is 0 Å². The Morgan fingerprint density at radius 2 is 1.41 bits per heavy atom. The highest BCUT2D eigenvalue weighted by Gasteiger charge is 2.15. The molecule has 0 N–H and O–H groups in total. The molecule has 1 aliphatic carbocycles. The van der Waals surface area contributed by atoms with Gasteiger partial charge in [0.2, 0.25) is 0 Å². The Balaban J connectivity index is 2.16. The molecule has 0 aromatic carbocycles. The first-order valence-corrected chi connectivity index (χ1v) is 8.36. The quantitative estimate of drug-likeness (QED) is 0.439. The largest absolute Gasteiger partial charge is 0.0654 e. The third-order valence-electron chi connectivity index (χ3n) is 4.64. The molecule has 1 fully saturated rings. The SMILES string of the molecule is CCCCC(CCCC)CCC1CCCCC1. The molecule has 0 bridgehead atoms. The maximum absolute atomic E-state index is 2.33. The average molecular weight is 238 g/mol. The third kappa shape index (κ3) is 7.11. The van der Waals surface area contributed by atoms with E-state index in [1.165, 1.54) is 83.5 Å². The predicted octanol–water partition coefficient (Wildman–Crippen LogP) is 6.34. The molecule has 1 aliphatic rings. The molecule has 0 nitrogen and oxygen atoms in total. The van der Waals surface area contributed by atoms with Gasteiger partial charge in [-0.25, -0.2) is 0 Å². The number of hydrogen-bond donors (Lipinski definition) is 0. The highest BCUT2D eigenvalue weighted by molar-refractivity contribution is 4.69. The van der Waals surface area contributed by atoms with E-state index in [1.54, 1.807) is 0 Å². The zero-order chi connectivity index (χ0) is 12.3. The van der Waals surface area contributed by atoms with Gasteiger partial charge >= 0.3 is 0 Å². The van der Waals surface area contributed by atoms with Crippen LogP contribution >= 0.6 is 0 Å². The van der Waals surface area contributed by atoms with Crippen molar-refractivity contribution >= 4 is 0 Å². The molecule has 0 unspecified atom stereocenters. The summed E-state index contributed by atoms with van der Waals surface area (Å²) < 4.78 is 0. The lowest BCUT2D eigenvalue weighted by molar-refractivity contribution is 0.290. The minimum atomic E-state index is 1.05. The second-order valence-electron chi connectivity index (χ2n) is 6.23. The number of hydrogen-bond acceptors (Lipinski definition) is 0. The second kappa shape index (κ2) is 9.97. The van der Waals surface area contributed by atoms with E-state index in [9.17, 15) is 0 Å². The highest BCUT2D eigenvalue weighted by atomic mass is 14.2. The van der Waals surface area contributed by atoms with E-state index < -0.39 is 0 Å². The van der Waals surface area contributed by atoms with Crippen LogP contribution in [0.2, 0.25) is 0 Å². The number of unbranched alkanes of at least 4 members (excludes halogenated alkanes) is 2. The van der Waals surface area contributed by atoms with Crippen LogP contribution in [0.1, 0.15) is 97.3 Å². The minimum absolute atomic E-state index is 1.05. The summed E-state index contributed by atoms with van der Waals surface area (Å²) >= 11 is 0. The molecular weight excluding hydrogens is 204 g/mol. The highest BCUT2D eigenvalue weighted by Crippen LogP contribution is 2.31. The molecule has 0 aromatic rings. The van der Waals surface area contributed by atoms with Crippen LogP contribution in [0.3, 0.4) is 0 Å². The van der Waals surface area contributed by atoms with Crippen molar-refractivity contribution in [3.05, 3.63) is 0 Å². The zero-order valence-electron chi connectivity index (χ0n) is 12.3. The van der Waals surface area contributed by atoms with Crippen molar-refractivity contribution in [1.82, 2.24) is 0 Å². The summed E-state index contributed by atoms with van der Waals surface area (Å²) in [6.45, 7) is 4.66. The van der Waals surface area contributed by atoms with Crippen molar-refractivity contribution in [3.63, 3.8) is 0 Å². The fourth-order valence-corrected chi connectivity index (χ4v) is 3.37. The van der Waals surface area contributed by atoms with E-state index in [4.69, 9.17) is 0 Å². The summed E-state index contributed by atoms with van der Waals surface area (Å²) in [5.41, 5.74) is 0. The summed E-state index contributed by atoms with van der Waals surface area (Å²) in [6.07, 6.45) is 19.4. The van der Waals surface area contributed by atoms with Gasteiger partial charge in [-0.15, -0.1) is 0 Å². The maximum Gasteiger partial charge on any atom is -0.0414 e. The van der Waals surface area contributed by atoms with Crippen LogP contribution < -0.4 is 0 Å². The standard InChI is InChI=1S/C17H34/c1-3-5-10-16(11-6-4-2)14-15-17-12-8-7-9-13-17/h16-17H,3-15H2,1-2H3. The van der Waals surface area contributed by atoms with Crippen molar-refractivity contribution in [2.24, 2.45) is 11.8 Å². The smallest absolute Gasteiger partial charge is 0.0414 e. The summed E-state index contributed by atoms with van der Waals surface area (Å²) in [5, 5.41) is 0. The monoisotopic (exact) mass is 238 g/mol. The fourth-order valence-electron chi connectivity index (χ4n) is 3.37. The van der Waals surface area contributed by atoms with E-state index in [0.717, 1.165) is 11.8 Å².